The Morgan fingerprint density at radius 2 is 1.57 bits per heavy atom. The van der Waals surface area contributed by atoms with E-state index in [0.717, 1.165) is 23.8 Å². The maximum absolute atomic E-state index is 12.1. The van der Waals surface area contributed by atoms with Crippen LogP contribution in [0.4, 0.5) is 11.4 Å². The number of carbonyl (C=O) groups excluding carboxylic acids is 1. The van der Waals surface area contributed by atoms with Gasteiger partial charge in [-0.05, 0) is 12.0 Å². The molecule has 0 aliphatic carbocycles. The maximum Gasteiger partial charge on any atom is 0.251 e. The molecule has 1 amide bonds. The van der Waals surface area contributed by atoms with E-state index in [-0.39, 0.29) is 16.9 Å². The van der Waals surface area contributed by atoms with E-state index in [4.69, 9.17) is 10.4 Å². The van der Waals surface area contributed by atoms with Crippen molar-refractivity contribution in [1.82, 2.24) is 5.32 Å². The van der Waals surface area contributed by atoms with Crippen molar-refractivity contribution in [2.75, 3.05) is 6.54 Å². The summed E-state index contributed by atoms with van der Waals surface area (Å²) < 4.78 is 0. The first-order chi connectivity index (χ1) is 11.0. The van der Waals surface area contributed by atoms with E-state index < -0.39 is 16.4 Å². The van der Waals surface area contributed by atoms with Gasteiger partial charge in [-0.25, -0.2) is 10.4 Å². The van der Waals surface area contributed by atoms with Gasteiger partial charge in [0, 0.05) is 18.7 Å². The molecular weight excluding hydrogens is 302 g/mol. The van der Waals surface area contributed by atoms with Gasteiger partial charge < -0.3 is 15.7 Å². The van der Waals surface area contributed by atoms with Gasteiger partial charge in [-0.15, -0.1) is 0 Å². The summed E-state index contributed by atoms with van der Waals surface area (Å²) in [6.07, 6.45) is 0.622. The van der Waals surface area contributed by atoms with Crippen LogP contribution < -0.4 is 15.8 Å². The molecule has 0 aliphatic rings. The van der Waals surface area contributed by atoms with Crippen LogP contribution in [0.1, 0.15) is 15.9 Å². The third kappa shape index (κ3) is 4.83. The Morgan fingerprint density at radius 1 is 1.00 bits per heavy atom. The van der Waals surface area contributed by atoms with Crippen molar-refractivity contribution in [2.24, 2.45) is 0 Å². The molecule has 2 aromatic carbocycles. The van der Waals surface area contributed by atoms with Gasteiger partial charge in [-0.1, -0.05) is 30.3 Å². The van der Waals surface area contributed by atoms with Crippen LogP contribution in [0.15, 0.2) is 48.5 Å². The van der Waals surface area contributed by atoms with E-state index in [0.29, 0.717) is 13.0 Å². The Labute approximate surface area is 132 Å². The quantitative estimate of drug-likeness (QED) is 0.458. The molecule has 5 N–H and O–H groups in total. The monoisotopic (exact) mass is 319 g/mol. The highest BCUT2D eigenvalue weighted by Gasteiger charge is 2.15. The van der Waals surface area contributed by atoms with Crippen molar-refractivity contribution in [3.05, 3.63) is 70.1 Å². The summed E-state index contributed by atoms with van der Waals surface area (Å²) in [5, 5.41) is 40.1. The highest BCUT2D eigenvalue weighted by atomic mass is 16.8. The molecule has 0 aliphatic heterocycles. The third-order valence-electron chi connectivity index (χ3n) is 3.23. The molecule has 0 bridgehead atoms. The van der Waals surface area contributed by atoms with E-state index in [1.807, 2.05) is 30.3 Å². The molecule has 2 rings (SSSR count). The van der Waals surface area contributed by atoms with Crippen LogP contribution in [0, 0.1) is 10.4 Å². The number of nitrogens with one attached hydrogen (secondary N) is 3. The molecule has 23 heavy (non-hydrogen) atoms. The van der Waals surface area contributed by atoms with Gasteiger partial charge in [-0.2, -0.15) is 10.5 Å². The number of carbonyl (C=O) groups is 1. The normalized spacial score (nSPS) is 13.4. The minimum atomic E-state index is -1.29. The molecule has 0 aromatic heterocycles. The number of hydrogen-bond donors (Lipinski definition) is 5. The average molecular weight is 319 g/mol. The molecule has 2 unspecified atom stereocenters. The Hall–Kier alpha value is -2.33. The molecule has 0 saturated heterocycles. The standard InChI is InChI=1S/C15H17N3O5/c19-15(16-7-6-11-4-2-1-3-5-11)12-8-13(17(20)21)10-14(9-12)18(22)23/h1-5,8-10,17-18,20,22H,6-7H2,(H,16,19). The average Bonchev–Trinajstić information content (AvgIpc) is 2.55. The second-order valence-corrected chi connectivity index (χ2v) is 4.90. The van der Waals surface area contributed by atoms with Crippen molar-refractivity contribution in [3.8, 4) is 0 Å². The number of amides is 1. The molecule has 2 aromatic rings. The summed E-state index contributed by atoms with van der Waals surface area (Å²) in [5.74, 6) is -0.508. The first kappa shape index (κ1) is 17.0. The zero-order valence-corrected chi connectivity index (χ0v) is 12.2. The number of rotatable bonds is 6. The maximum atomic E-state index is 12.1. The van der Waals surface area contributed by atoms with Crippen molar-refractivity contribution in [1.29, 1.82) is 0 Å². The lowest BCUT2D eigenvalue weighted by Crippen LogP contribution is -3.00. The van der Waals surface area contributed by atoms with Gasteiger partial charge in [0.25, 0.3) is 5.91 Å². The van der Waals surface area contributed by atoms with Gasteiger partial charge in [0.2, 0.25) is 0 Å². The first-order valence-corrected chi connectivity index (χ1v) is 6.91. The third-order valence-corrected chi connectivity index (χ3v) is 3.23. The number of benzene rings is 2. The van der Waals surface area contributed by atoms with Crippen LogP contribution >= 0.6 is 0 Å². The van der Waals surface area contributed by atoms with E-state index in [1.54, 1.807) is 0 Å². The Bertz CT molecular complexity index is 635. The van der Waals surface area contributed by atoms with Crippen LogP contribution in [0.2, 0.25) is 0 Å². The summed E-state index contributed by atoms with van der Waals surface area (Å²) in [7, 11) is 0. The zero-order chi connectivity index (χ0) is 16.8. The molecule has 8 nitrogen and oxygen atoms in total. The van der Waals surface area contributed by atoms with Gasteiger partial charge in [-0.3, -0.25) is 4.79 Å². The van der Waals surface area contributed by atoms with Gasteiger partial charge in [0.15, 0.2) is 11.4 Å². The Morgan fingerprint density at radius 3 is 2.09 bits per heavy atom. The largest absolute Gasteiger partial charge is 0.595 e. The van der Waals surface area contributed by atoms with E-state index in [2.05, 4.69) is 5.32 Å². The summed E-state index contributed by atoms with van der Waals surface area (Å²) in [6.45, 7) is 0.364. The summed E-state index contributed by atoms with van der Waals surface area (Å²) in [4.78, 5) is 12.1. The van der Waals surface area contributed by atoms with Crippen molar-refractivity contribution in [3.63, 3.8) is 0 Å². The molecule has 0 fully saturated rings. The number of quaternary nitrogens is 2. The molecule has 2 atom stereocenters. The highest BCUT2D eigenvalue weighted by Crippen LogP contribution is 2.13. The fourth-order valence-electron chi connectivity index (χ4n) is 2.07. The lowest BCUT2D eigenvalue weighted by molar-refractivity contribution is -0.996. The predicted molar refractivity (Wildman–Crippen MR) is 80.5 cm³/mol. The predicted octanol–water partition coefficient (Wildman–Crippen LogP) is -0.534. The molecule has 122 valence electrons. The molecule has 0 spiro atoms. The van der Waals surface area contributed by atoms with Crippen LogP contribution in [-0.2, 0) is 6.42 Å². The molecule has 8 heteroatoms. The summed E-state index contributed by atoms with van der Waals surface area (Å²) >= 11 is 0. The highest BCUT2D eigenvalue weighted by molar-refractivity contribution is 5.95. The second-order valence-electron chi connectivity index (χ2n) is 4.90. The van der Waals surface area contributed by atoms with Crippen LogP contribution in [0.3, 0.4) is 0 Å². The van der Waals surface area contributed by atoms with Crippen molar-refractivity contribution in [2.45, 2.75) is 6.42 Å². The van der Waals surface area contributed by atoms with E-state index in [1.165, 1.54) is 0 Å². The first-order valence-electron chi connectivity index (χ1n) is 6.91. The van der Waals surface area contributed by atoms with E-state index >= 15 is 0 Å². The van der Waals surface area contributed by atoms with Crippen LogP contribution in [-0.4, -0.2) is 22.9 Å². The van der Waals surface area contributed by atoms with Gasteiger partial charge >= 0.3 is 0 Å². The molecular formula is C15H17N3O5. The van der Waals surface area contributed by atoms with Crippen LogP contribution in [0.5, 0.6) is 0 Å². The second kappa shape index (κ2) is 7.79. The lowest BCUT2D eigenvalue weighted by atomic mass is 10.1. The van der Waals surface area contributed by atoms with E-state index in [9.17, 15) is 15.2 Å². The summed E-state index contributed by atoms with van der Waals surface area (Å²) in [6, 6.07) is 12.9. The topological polar surface area (TPSA) is 125 Å². The molecule has 0 heterocycles. The fourth-order valence-corrected chi connectivity index (χ4v) is 2.07. The minimum Gasteiger partial charge on any atom is -0.595 e. The van der Waals surface area contributed by atoms with Crippen molar-refractivity contribution < 1.29 is 25.7 Å². The van der Waals surface area contributed by atoms with Crippen molar-refractivity contribution >= 4 is 17.3 Å². The molecule has 0 saturated carbocycles. The van der Waals surface area contributed by atoms with Gasteiger partial charge in [0.1, 0.15) is 0 Å². The van der Waals surface area contributed by atoms with Gasteiger partial charge in [0.05, 0.1) is 11.6 Å². The Kier molecular flexibility index (Phi) is 5.77. The number of hydrogen-bond acceptors (Lipinski definition) is 5. The zero-order valence-electron chi connectivity index (χ0n) is 12.2. The lowest BCUT2D eigenvalue weighted by Gasteiger charge is -2.17. The van der Waals surface area contributed by atoms with Crippen LogP contribution in [0.25, 0.3) is 0 Å². The minimum absolute atomic E-state index is 0.00959. The fraction of sp³-hybridized carbons (Fsp3) is 0.133. The molecule has 0 radical (unpaired) electrons. The Balaban J connectivity index is 2.06. The summed E-state index contributed by atoms with van der Waals surface area (Å²) in [5.41, 5.74) is 0.588. The SMILES string of the molecule is O=C(NCCc1ccccc1)c1cc([NH+]([O-])O)cc([NH+]([O-])O)c1. The smallest absolute Gasteiger partial charge is 0.251 e.